The normalized spacial score (nSPS) is 15.9. The highest BCUT2D eigenvalue weighted by molar-refractivity contribution is 7.99. The predicted molar refractivity (Wildman–Crippen MR) is 122 cm³/mol. The maximum absolute atomic E-state index is 6.82. The van der Waals surface area contributed by atoms with Gasteiger partial charge in [-0.05, 0) is 29.3 Å². The number of aryl methyl sites for hydroxylation is 1. The molecule has 6 nitrogen and oxygen atoms in total. The van der Waals surface area contributed by atoms with Gasteiger partial charge >= 0.3 is 0 Å². The van der Waals surface area contributed by atoms with Gasteiger partial charge in [-0.2, -0.15) is 5.10 Å². The first-order chi connectivity index (χ1) is 14.7. The van der Waals surface area contributed by atoms with Crippen LogP contribution < -0.4 is 5.32 Å². The molecule has 0 saturated heterocycles. The van der Waals surface area contributed by atoms with Crippen LogP contribution in [0, 0.1) is 0 Å². The molecule has 150 valence electrons. The van der Waals surface area contributed by atoms with E-state index in [9.17, 15) is 0 Å². The molecule has 1 aromatic carbocycles. The number of halogens is 1. The Bertz CT molecular complexity index is 1180. The van der Waals surface area contributed by atoms with E-state index in [0.717, 1.165) is 56.8 Å². The summed E-state index contributed by atoms with van der Waals surface area (Å²) in [7, 11) is 1.96. The van der Waals surface area contributed by atoms with Crippen LogP contribution in [0.2, 0.25) is 5.02 Å². The lowest BCUT2D eigenvalue weighted by atomic mass is 9.99. The number of nitrogens with one attached hydrogen (secondary N) is 1. The van der Waals surface area contributed by atoms with Crippen molar-refractivity contribution < 1.29 is 0 Å². The molecule has 1 N–H and O–H groups in total. The summed E-state index contributed by atoms with van der Waals surface area (Å²) in [5.41, 5.74) is 5.87. The van der Waals surface area contributed by atoms with Crippen LogP contribution in [-0.4, -0.2) is 37.0 Å². The number of rotatable bonds is 3. The zero-order valence-electron chi connectivity index (χ0n) is 16.3. The molecule has 4 heterocycles. The third-order valence-electron chi connectivity index (χ3n) is 5.11. The fraction of sp³-hybridized carbons (Fsp3) is 0.182. The van der Waals surface area contributed by atoms with E-state index >= 15 is 0 Å². The molecule has 4 aromatic rings. The van der Waals surface area contributed by atoms with Gasteiger partial charge in [0.05, 0.1) is 10.9 Å². The van der Waals surface area contributed by atoms with Crippen LogP contribution >= 0.6 is 23.4 Å². The highest BCUT2D eigenvalue weighted by Gasteiger charge is 2.30. The van der Waals surface area contributed by atoms with E-state index in [1.807, 2.05) is 47.8 Å². The van der Waals surface area contributed by atoms with Crippen molar-refractivity contribution in [2.24, 2.45) is 7.05 Å². The lowest BCUT2D eigenvalue weighted by Crippen LogP contribution is -2.06. The first-order valence-corrected chi connectivity index (χ1v) is 11.0. The summed E-state index contributed by atoms with van der Waals surface area (Å²) in [5, 5.41) is 9.10. The van der Waals surface area contributed by atoms with E-state index in [1.165, 1.54) is 6.33 Å². The summed E-state index contributed by atoms with van der Waals surface area (Å²) in [6.45, 7) is 0.867. The van der Waals surface area contributed by atoms with Crippen LogP contribution in [0.3, 0.4) is 0 Å². The van der Waals surface area contributed by atoms with Crippen LogP contribution in [0.15, 0.2) is 61.3 Å². The van der Waals surface area contributed by atoms with Gasteiger partial charge in [0.25, 0.3) is 0 Å². The first-order valence-electron chi connectivity index (χ1n) is 9.61. The predicted octanol–water partition coefficient (Wildman–Crippen LogP) is 4.84. The quantitative estimate of drug-likeness (QED) is 0.497. The van der Waals surface area contributed by atoms with Crippen LogP contribution in [0.1, 0.15) is 16.4 Å². The van der Waals surface area contributed by atoms with Crippen molar-refractivity contribution in [1.29, 1.82) is 0 Å². The van der Waals surface area contributed by atoms with Crippen LogP contribution in [0.4, 0.5) is 5.82 Å². The standard InChI is InChI=1S/C22H19ClN6S/c1-29-22-19(20(28-29)18-4-2-3-7-26-18)21(30-9-8-27-22)16-6-5-14(10-17(16)23)15-11-24-13-25-12-15/h2-7,10-13,21,27H,8-9H2,1H3. The smallest absolute Gasteiger partial charge is 0.129 e. The third kappa shape index (κ3) is 3.44. The monoisotopic (exact) mass is 434 g/mol. The molecule has 0 fully saturated rings. The summed E-state index contributed by atoms with van der Waals surface area (Å²) in [5.74, 6) is 1.98. The van der Waals surface area contributed by atoms with Gasteiger partial charge in [-0.1, -0.05) is 29.8 Å². The largest absolute Gasteiger partial charge is 0.369 e. The van der Waals surface area contributed by atoms with Crippen LogP contribution in [0.5, 0.6) is 0 Å². The molecule has 30 heavy (non-hydrogen) atoms. The minimum atomic E-state index is 0.0503. The maximum atomic E-state index is 6.82. The number of fused-ring (bicyclic) bond motifs is 1. The molecular formula is C22H19ClN6S. The van der Waals surface area contributed by atoms with Crippen molar-refractivity contribution >= 4 is 29.2 Å². The van der Waals surface area contributed by atoms with Gasteiger partial charge in [0.2, 0.25) is 0 Å². The summed E-state index contributed by atoms with van der Waals surface area (Å²) in [4.78, 5) is 12.8. The number of hydrogen-bond acceptors (Lipinski definition) is 6. The Morgan fingerprint density at radius 2 is 2.00 bits per heavy atom. The third-order valence-corrected chi connectivity index (χ3v) is 6.70. The Balaban J connectivity index is 1.63. The van der Waals surface area contributed by atoms with E-state index in [4.69, 9.17) is 16.7 Å². The molecule has 8 heteroatoms. The van der Waals surface area contributed by atoms with Crippen molar-refractivity contribution in [2.45, 2.75) is 5.25 Å². The number of pyridine rings is 1. The molecule has 5 rings (SSSR count). The highest BCUT2D eigenvalue weighted by Crippen LogP contribution is 2.47. The minimum absolute atomic E-state index is 0.0503. The molecule has 1 unspecified atom stereocenters. The van der Waals surface area contributed by atoms with E-state index in [0.29, 0.717) is 0 Å². The van der Waals surface area contributed by atoms with Gasteiger partial charge in [-0.15, -0.1) is 11.8 Å². The van der Waals surface area contributed by atoms with Gasteiger partial charge in [-0.3, -0.25) is 9.67 Å². The van der Waals surface area contributed by atoms with Gasteiger partial charge in [0.1, 0.15) is 17.8 Å². The SMILES string of the molecule is Cn1nc(-c2ccccn2)c2c1NCCSC2c1ccc(-c2cncnc2)cc1Cl. The zero-order valence-corrected chi connectivity index (χ0v) is 17.9. The van der Waals surface area contributed by atoms with Crippen molar-refractivity contribution in [3.63, 3.8) is 0 Å². The number of hydrogen-bond donors (Lipinski definition) is 1. The number of thioether (sulfide) groups is 1. The fourth-order valence-corrected chi connectivity index (χ4v) is 5.32. The molecule has 0 bridgehead atoms. The summed E-state index contributed by atoms with van der Waals surface area (Å²) < 4.78 is 1.90. The van der Waals surface area contributed by atoms with Gasteiger partial charge in [0.15, 0.2) is 0 Å². The number of nitrogens with zero attached hydrogens (tertiary/aromatic N) is 5. The molecule has 3 aromatic heterocycles. The summed E-state index contributed by atoms with van der Waals surface area (Å²) in [6.07, 6.45) is 6.91. The molecule has 1 aliphatic heterocycles. The van der Waals surface area contributed by atoms with Gasteiger partial charge < -0.3 is 5.32 Å². The Kier molecular flexibility index (Phi) is 5.14. The van der Waals surface area contributed by atoms with E-state index in [-0.39, 0.29) is 5.25 Å². The molecule has 0 spiro atoms. The first kappa shape index (κ1) is 19.1. The lowest BCUT2D eigenvalue weighted by molar-refractivity contribution is 0.773. The number of benzene rings is 1. The second kappa shape index (κ2) is 8.08. The van der Waals surface area contributed by atoms with Gasteiger partial charge in [0, 0.05) is 54.1 Å². The topological polar surface area (TPSA) is 68.5 Å². The average molecular weight is 435 g/mol. The maximum Gasteiger partial charge on any atom is 0.129 e. The van der Waals surface area contributed by atoms with Crippen molar-refractivity contribution in [3.8, 4) is 22.5 Å². The summed E-state index contributed by atoms with van der Waals surface area (Å²) >= 11 is 8.69. The van der Waals surface area contributed by atoms with E-state index < -0.39 is 0 Å². The molecule has 0 saturated carbocycles. The molecule has 0 radical (unpaired) electrons. The molecule has 0 amide bonds. The molecule has 1 aliphatic rings. The zero-order chi connectivity index (χ0) is 20.5. The number of aromatic nitrogens is 5. The Labute approximate surface area is 183 Å². The average Bonchev–Trinajstić information content (AvgIpc) is 2.96. The van der Waals surface area contributed by atoms with Crippen molar-refractivity contribution in [1.82, 2.24) is 24.7 Å². The Hall–Kier alpha value is -2.90. The minimum Gasteiger partial charge on any atom is -0.369 e. The Morgan fingerprint density at radius 1 is 1.13 bits per heavy atom. The second-order valence-electron chi connectivity index (χ2n) is 6.99. The van der Waals surface area contributed by atoms with E-state index in [1.54, 1.807) is 18.6 Å². The number of anilines is 1. The van der Waals surface area contributed by atoms with Crippen LogP contribution in [-0.2, 0) is 7.05 Å². The lowest BCUT2D eigenvalue weighted by Gasteiger charge is -2.18. The Morgan fingerprint density at radius 3 is 2.77 bits per heavy atom. The van der Waals surface area contributed by atoms with Crippen molar-refractivity contribution in [3.05, 3.63) is 77.5 Å². The molecule has 0 aliphatic carbocycles. The molecule has 1 atom stereocenters. The van der Waals surface area contributed by atoms with Crippen LogP contribution in [0.25, 0.3) is 22.5 Å². The fourth-order valence-electron chi connectivity index (χ4n) is 3.73. The second-order valence-corrected chi connectivity index (χ2v) is 8.61. The van der Waals surface area contributed by atoms with Crippen molar-refractivity contribution in [2.75, 3.05) is 17.6 Å². The summed E-state index contributed by atoms with van der Waals surface area (Å²) in [6, 6.07) is 12.1. The van der Waals surface area contributed by atoms with E-state index in [2.05, 4.69) is 32.4 Å². The molecular weight excluding hydrogens is 416 g/mol. The highest BCUT2D eigenvalue weighted by atomic mass is 35.5. The van der Waals surface area contributed by atoms with Gasteiger partial charge in [-0.25, -0.2) is 9.97 Å².